The Morgan fingerprint density at radius 3 is 2.53 bits per heavy atom. The molecule has 0 heterocycles. The zero-order valence-corrected chi connectivity index (χ0v) is 12.6. The molecule has 0 unspecified atom stereocenters. The Bertz CT molecular complexity index is 445. The molecular formula is C14H20Cl2N2O. The van der Waals surface area contributed by atoms with Gasteiger partial charge in [-0.3, -0.25) is 4.79 Å². The number of nitrogens with zero attached hydrogens (tertiary/aromatic N) is 1. The van der Waals surface area contributed by atoms with E-state index in [2.05, 4.69) is 0 Å². The third kappa shape index (κ3) is 3.62. The molecule has 1 aromatic carbocycles. The second-order valence-electron chi connectivity index (χ2n) is 5.12. The van der Waals surface area contributed by atoms with Gasteiger partial charge in [0, 0.05) is 18.6 Å². The summed E-state index contributed by atoms with van der Waals surface area (Å²) in [4.78, 5) is 14.0. The van der Waals surface area contributed by atoms with Crippen molar-refractivity contribution in [2.24, 2.45) is 5.73 Å². The maximum atomic E-state index is 12.3. The van der Waals surface area contributed by atoms with Crippen LogP contribution in [-0.2, 0) is 11.3 Å². The first-order chi connectivity index (χ1) is 8.53. The summed E-state index contributed by atoms with van der Waals surface area (Å²) in [6, 6.07) is 7.58. The number of benzene rings is 1. The second-order valence-corrected chi connectivity index (χ2v) is 5.52. The van der Waals surface area contributed by atoms with Gasteiger partial charge in [-0.15, -0.1) is 12.4 Å². The average molecular weight is 303 g/mol. The third-order valence-corrected chi connectivity index (χ3v) is 4.00. The quantitative estimate of drug-likeness (QED) is 0.933. The second kappa shape index (κ2) is 6.60. The van der Waals surface area contributed by atoms with Crippen LogP contribution in [0.1, 0.15) is 31.2 Å². The topological polar surface area (TPSA) is 46.3 Å². The molecule has 0 saturated heterocycles. The van der Waals surface area contributed by atoms with E-state index < -0.39 is 5.54 Å². The lowest BCUT2D eigenvalue weighted by Crippen LogP contribution is -2.52. The number of likely N-dealkylation sites (N-methyl/N-ethyl adjacent to an activating group) is 1. The predicted molar refractivity (Wildman–Crippen MR) is 80.6 cm³/mol. The smallest absolute Gasteiger partial charge is 0.242 e. The number of halogens is 2. The molecule has 2 N–H and O–H groups in total. The Hall–Kier alpha value is -0.770. The zero-order chi connectivity index (χ0) is 13.2. The fraction of sp³-hybridized carbons (Fsp3) is 0.500. The standard InChI is InChI=1S/C14H19ClN2O.ClH/c1-17(10-11-6-2-3-7-12(11)15)13(18)14(16)8-4-5-9-14;/h2-3,6-7H,4-5,8-10,16H2,1H3;1H. The summed E-state index contributed by atoms with van der Waals surface area (Å²) in [5, 5.41) is 0.689. The molecule has 0 bridgehead atoms. The van der Waals surface area contributed by atoms with Crippen LogP contribution in [0.25, 0.3) is 0 Å². The van der Waals surface area contributed by atoms with Crippen molar-refractivity contribution in [1.82, 2.24) is 4.90 Å². The van der Waals surface area contributed by atoms with Crippen molar-refractivity contribution in [2.75, 3.05) is 7.05 Å². The molecule has 1 aromatic rings. The highest BCUT2D eigenvalue weighted by Gasteiger charge is 2.38. The van der Waals surface area contributed by atoms with Gasteiger partial charge in [0.1, 0.15) is 0 Å². The van der Waals surface area contributed by atoms with Crippen molar-refractivity contribution in [3.63, 3.8) is 0 Å². The summed E-state index contributed by atoms with van der Waals surface area (Å²) in [6.07, 6.45) is 3.67. The summed E-state index contributed by atoms with van der Waals surface area (Å²) in [5.41, 5.74) is 6.47. The largest absolute Gasteiger partial charge is 0.340 e. The maximum Gasteiger partial charge on any atom is 0.242 e. The number of hydrogen-bond acceptors (Lipinski definition) is 2. The van der Waals surface area contributed by atoms with E-state index in [0.717, 1.165) is 31.2 Å². The van der Waals surface area contributed by atoms with E-state index in [1.807, 2.05) is 24.3 Å². The molecule has 1 saturated carbocycles. The van der Waals surface area contributed by atoms with Crippen LogP contribution in [0.4, 0.5) is 0 Å². The Morgan fingerprint density at radius 1 is 1.37 bits per heavy atom. The highest BCUT2D eigenvalue weighted by molar-refractivity contribution is 6.31. The molecule has 5 heteroatoms. The highest BCUT2D eigenvalue weighted by atomic mass is 35.5. The molecule has 1 aliphatic rings. The number of nitrogens with two attached hydrogens (primary N) is 1. The van der Waals surface area contributed by atoms with Gasteiger partial charge in [0.05, 0.1) is 5.54 Å². The number of carbonyl (C=O) groups is 1. The minimum atomic E-state index is -0.657. The van der Waals surface area contributed by atoms with Gasteiger partial charge in [0.2, 0.25) is 5.91 Å². The number of rotatable bonds is 3. The average Bonchev–Trinajstić information content (AvgIpc) is 2.79. The van der Waals surface area contributed by atoms with E-state index in [1.165, 1.54) is 0 Å². The van der Waals surface area contributed by atoms with Gasteiger partial charge >= 0.3 is 0 Å². The van der Waals surface area contributed by atoms with Gasteiger partial charge in [0.15, 0.2) is 0 Å². The van der Waals surface area contributed by atoms with Crippen LogP contribution in [0.3, 0.4) is 0 Å². The van der Waals surface area contributed by atoms with Gasteiger partial charge in [-0.05, 0) is 24.5 Å². The van der Waals surface area contributed by atoms with Gasteiger partial charge < -0.3 is 10.6 Å². The first kappa shape index (κ1) is 16.3. The molecule has 19 heavy (non-hydrogen) atoms. The number of hydrogen-bond donors (Lipinski definition) is 1. The molecule has 0 aliphatic heterocycles. The molecule has 1 aliphatic carbocycles. The van der Waals surface area contributed by atoms with Gasteiger partial charge in [-0.2, -0.15) is 0 Å². The molecule has 0 aromatic heterocycles. The lowest BCUT2D eigenvalue weighted by molar-refractivity contribution is -0.136. The lowest BCUT2D eigenvalue weighted by Gasteiger charge is -2.29. The molecular weight excluding hydrogens is 283 g/mol. The Kier molecular flexibility index (Phi) is 5.65. The molecule has 3 nitrogen and oxygen atoms in total. The van der Waals surface area contributed by atoms with E-state index in [9.17, 15) is 4.79 Å². The number of carbonyl (C=O) groups excluding carboxylic acids is 1. The fourth-order valence-electron chi connectivity index (χ4n) is 2.55. The van der Waals surface area contributed by atoms with Crippen LogP contribution in [0.5, 0.6) is 0 Å². The van der Waals surface area contributed by atoms with Crippen LogP contribution in [-0.4, -0.2) is 23.4 Å². The summed E-state index contributed by atoms with van der Waals surface area (Å²) in [5.74, 6) is 0.0277. The minimum absolute atomic E-state index is 0. The van der Waals surface area contributed by atoms with Crippen molar-refractivity contribution < 1.29 is 4.79 Å². The van der Waals surface area contributed by atoms with E-state index in [0.29, 0.717) is 11.6 Å². The predicted octanol–water partition coefficient (Wildman–Crippen LogP) is 2.99. The highest BCUT2D eigenvalue weighted by Crippen LogP contribution is 2.29. The van der Waals surface area contributed by atoms with Crippen LogP contribution in [0.2, 0.25) is 5.02 Å². The van der Waals surface area contributed by atoms with E-state index >= 15 is 0 Å². The van der Waals surface area contributed by atoms with E-state index in [4.69, 9.17) is 17.3 Å². The summed E-state index contributed by atoms with van der Waals surface area (Å²) >= 11 is 6.10. The molecule has 106 valence electrons. The van der Waals surface area contributed by atoms with Crippen molar-refractivity contribution in [1.29, 1.82) is 0 Å². The summed E-state index contributed by atoms with van der Waals surface area (Å²) in [6.45, 7) is 0.511. The van der Waals surface area contributed by atoms with Crippen LogP contribution < -0.4 is 5.73 Å². The van der Waals surface area contributed by atoms with Crippen LogP contribution in [0.15, 0.2) is 24.3 Å². The molecule has 0 atom stereocenters. The Morgan fingerprint density at radius 2 is 1.95 bits per heavy atom. The summed E-state index contributed by atoms with van der Waals surface area (Å²) in [7, 11) is 1.79. The first-order valence-electron chi connectivity index (χ1n) is 6.31. The van der Waals surface area contributed by atoms with Crippen molar-refractivity contribution in [2.45, 2.75) is 37.8 Å². The van der Waals surface area contributed by atoms with Gasteiger partial charge in [0.25, 0.3) is 0 Å². The molecule has 1 amide bonds. The molecule has 1 fully saturated rings. The van der Waals surface area contributed by atoms with Crippen molar-refractivity contribution >= 4 is 29.9 Å². The van der Waals surface area contributed by atoms with E-state index in [1.54, 1.807) is 11.9 Å². The monoisotopic (exact) mass is 302 g/mol. The first-order valence-corrected chi connectivity index (χ1v) is 6.68. The maximum absolute atomic E-state index is 12.3. The normalized spacial score (nSPS) is 16.8. The fourth-order valence-corrected chi connectivity index (χ4v) is 2.75. The van der Waals surface area contributed by atoms with Crippen LogP contribution >= 0.6 is 24.0 Å². The van der Waals surface area contributed by atoms with Gasteiger partial charge in [-0.25, -0.2) is 0 Å². The molecule has 0 radical (unpaired) electrons. The van der Waals surface area contributed by atoms with Crippen molar-refractivity contribution in [3.05, 3.63) is 34.9 Å². The lowest BCUT2D eigenvalue weighted by atomic mass is 9.97. The van der Waals surface area contributed by atoms with Gasteiger partial charge in [-0.1, -0.05) is 42.6 Å². The molecule has 2 rings (SSSR count). The van der Waals surface area contributed by atoms with Crippen molar-refractivity contribution in [3.8, 4) is 0 Å². The zero-order valence-electron chi connectivity index (χ0n) is 11.1. The summed E-state index contributed by atoms with van der Waals surface area (Å²) < 4.78 is 0. The Balaban J connectivity index is 0.00000180. The molecule has 0 spiro atoms. The number of amides is 1. The third-order valence-electron chi connectivity index (χ3n) is 3.63. The Labute approximate surface area is 125 Å². The van der Waals surface area contributed by atoms with E-state index in [-0.39, 0.29) is 18.3 Å². The SMILES string of the molecule is CN(Cc1ccccc1Cl)C(=O)C1(N)CCCC1.Cl. The minimum Gasteiger partial charge on any atom is -0.340 e. The van der Waals surface area contributed by atoms with Crippen LogP contribution in [0, 0.1) is 0 Å².